The molecule has 0 atom stereocenters. The molecule has 0 aliphatic carbocycles. The minimum atomic E-state index is 0.280. The zero-order chi connectivity index (χ0) is 16.1. The van der Waals surface area contributed by atoms with Crippen LogP contribution in [0.2, 0.25) is 0 Å². The second-order valence-corrected chi connectivity index (χ2v) is 5.55. The minimum Gasteiger partial charge on any atom is -0.488 e. The average molecular weight is 313 g/mol. The lowest BCUT2D eigenvalue weighted by molar-refractivity contribution is 0.173. The molecule has 23 heavy (non-hydrogen) atoms. The highest BCUT2D eigenvalue weighted by Gasteiger charge is 2.19. The van der Waals surface area contributed by atoms with Crippen molar-refractivity contribution in [3.8, 4) is 17.2 Å². The van der Waals surface area contributed by atoms with E-state index in [1.54, 1.807) is 0 Å². The zero-order valence-electron chi connectivity index (χ0n) is 13.7. The molecule has 0 fully saturated rings. The molecule has 122 valence electrons. The maximum Gasteiger partial charge on any atom is 0.231 e. The first-order valence-corrected chi connectivity index (χ1v) is 8.11. The second kappa shape index (κ2) is 7.38. The number of nitrogens with zero attached hydrogens (tertiary/aromatic N) is 1. The summed E-state index contributed by atoms with van der Waals surface area (Å²) in [6.45, 7) is 8.01. The summed E-state index contributed by atoms with van der Waals surface area (Å²) in [6.07, 6.45) is 0. The van der Waals surface area contributed by atoms with Crippen molar-refractivity contribution in [1.82, 2.24) is 4.90 Å². The Morgan fingerprint density at radius 1 is 1.00 bits per heavy atom. The van der Waals surface area contributed by atoms with E-state index in [0.717, 1.165) is 48.0 Å². The van der Waals surface area contributed by atoms with E-state index in [2.05, 4.69) is 30.9 Å². The van der Waals surface area contributed by atoms with E-state index in [1.165, 1.54) is 0 Å². The highest BCUT2D eigenvalue weighted by Crippen LogP contribution is 2.38. The number of benzene rings is 2. The smallest absolute Gasteiger partial charge is 0.231 e. The third-order valence-corrected chi connectivity index (χ3v) is 4.08. The Kier molecular flexibility index (Phi) is 5.03. The largest absolute Gasteiger partial charge is 0.488 e. The molecule has 0 radical (unpaired) electrons. The van der Waals surface area contributed by atoms with Gasteiger partial charge in [-0.3, -0.25) is 4.90 Å². The van der Waals surface area contributed by atoms with Crippen LogP contribution < -0.4 is 14.2 Å². The first-order valence-electron chi connectivity index (χ1n) is 8.11. The third kappa shape index (κ3) is 3.77. The standard InChI is InChI=1S/C19H23NO3/c1-3-20(4-2)12-16-10-18-19(23-14-22-18)11-17(16)21-13-15-8-6-5-7-9-15/h5-11H,3-4,12-14H2,1-2H3. The van der Waals surface area contributed by atoms with Crippen LogP contribution in [0, 0.1) is 0 Å². The van der Waals surface area contributed by atoms with Gasteiger partial charge in [0, 0.05) is 18.2 Å². The highest BCUT2D eigenvalue weighted by atomic mass is 16.7. The van der Waals surface area contributed by atoms with Crippen LogP contribution >= 0.6 is 0 Å². The van der Waals surface area contributed by atoms with Crippen molar-refractivity contribution in [2.24, 2.45) is 0 Å². The van der Waals surface area contributed by atoms with Crippen LogP contribution in [0.25, 0.3) is 0 Å². The number of hydrogen-bond acceptors (Lipinski definition) is 4. The fraction of sp³-hybridized carbons (Fsp3) is 0.368. The monoisotopic (exact) mass is 313 g/mol. The predicted octanol–water partition coefficient (Wildman–Crippen LogP) is 3.84. The van der Waals surface area contributed by atoms with Crippen LogP contribution in [0.3, 0.4) is 0 Å². The summed E-state index contributed by atoms with van der Waals surface area (Å²) in [5, 5.41) is 0. The molecule has 1 aliphatic rings. The zero-order valence-corrected chi connectivity index (χ0v) is 13.7. The van der Waals surface area contributed by atoms with Crippen LogP contribution in [-0.2, 0) is 13.2 Å². The number of ether oxygens (including phenoxy) is 3. The van der Waals surface area contributed by atoms with Crippen molar-refractivity contribution < 1.29 is 14.2 Å². The molecule has 0 aromatic heterocycles. The molecule has 4 heteroatoms. The molecule has 0 spiro atoms. The molecular weight excluding hydrogens is 290 g/mol. The predicted molar refractivity (Wildman–Crippen MR) is 90.0 cm³/mol. The van der Waals surface area contributed by atoms with Crippen LogP contribution in [0.1, 0.15) is 25.0 Å². The Hall–Kier alpha value is -2.20. The van der Waals surface area contributed by atoms with Crippen LogP contribution in [0.5, 0.6) is 17.2 Å². The first kappa shape index (κ1) is 15.7. The van der Waals surface area contributed by atoms with Gasteiger partial charge in [0.15, 0.2) is 11.5 Å². The summed E-state index contributed by atoms with van der Waals surface area (Å²) >= 11 is 0. The molecular formula is C19H23NO3. The van der Waals surface area contributed by atoms with Crippen molar-refractivity contribution in [3.05, 3.63) is 53.6 Å². The number of fused-ring (bicyclic) bond motifs is 1. The lowest BCUT2D eigenvalue weighted by Gasteiger charge is -2.20. The SMILES string of the molecule is CCN(CC)Cc1cc2c(cc1OCc1ccccc1)OCO2. The Morgan fingerprint density at radius 2 is 1.70 bits per heavy atom. The lowest BCUT2D eigenvalue weighted by Crippen LogP contribution is -2.22. The van der Waals surface area contributed by atoms with E-state index in [0.29, 0.717) is 6.61 Å². The normalized spacial score (nSPS) is 12.7. The Bertz CT molecular complexity index is 639. The number of hydrogen-bond donors (Lipinski definition) is 0. The van der Waals surface area contributed by atoms with Crippen molar-refractivity contribution in [3.63, 3.8) is 0 Å². The Labute approximate surface area is 137 Å². The van der Waals surface area contributed by atoms with Gasteiger partial charge in [0.1, 0.15) is 12.4 Å². The van der Waals surface area contributed by atoms with Gasteiger partial charge in [-0.05, 0) is 24.7 Å². The highest BCUT2D eigenvalue weighted by molar-refractivity contribution is 5.52. The molecule has 0 saturated carbocycles. The summed E-state index contributed by atoms with van der Waals surface area (Å²) < 4.78 is 17.1. The van der Waals surface area contributed by atoms with Gasteiger partial charge in [0.05, 0.1) is 0 Å². The molecule has 0 unspecified atom stereocenters. The van der Waals surface area contributed by atoms with Crippen LogP contribution in [-0.4, -0.2) is 24.8 Å². The van der Waals surface area contributed by atoms with E-state index in [4.69, 9.17) is 14.2 Å². The van der Waals surface area contributed by atoms with Crippen molar-refractivity contribution in [2.45, 2.75) is 27.0 Å². The van der Waals surface area contributed by atoms with E-state index >= 15 is 0 Å². The van der Waals surface area contributed by atoms with Gasteiger partial charge in [-0.1, -0.05) is 44.2 Å². The van der Waals surface area contributed by atoms with E-state index < -0.39 is 0 Å². The molecule has 4 nitrogen and oxygen atoms in total. The average Bonchev–Trinajstić information content (AvgIpc) is 3.05. The summed E-state index contributed by atoms with van der Waals surface area (Å²) in [5.41, 5.74) is 2.29. The third-order valence-electron chi connectivity index (χ3n) is 4.08. The lowest BCUT2D eigenvalue weighted by atomic mass is 10.1. The molecule has 3 rings (SSSR count). The van der Waals surface area contributed by atoms with Gasteiger partial charge >= 0.3 is 0 Å². The first-order chi connectivity index (χ1) is 11.3. The summed E-state index contributed by atoms with van der Waals surface area (Å²) in [7, 11) is 0. The quantitative estimate of drug-likeness (QED) is 0.777. The van der Waals surface area contributed by atoms with Gasteiger partial charge in [-0.2, -0.15) is 0 Å². The molecule has 1 aliphatic heterocycles. The van der Waals surface area contributed by atoms with Gasteiger partial charge in [-0.25, -0.2) is 0 Å². The van der Waals surface area contributed by atoms with Crippen molar-refractivity contribution in [2.75, 3.05) is 19.9 Å². The summed E-state index contributed by atoms with van der Waals surface area (Å²) in [4.78, 5) is 2.35. The van der Waals surface area contributed by atoms with Crippen molar-refractivity contribution >= 4 is 0 Å². The fourth-order valence-electron chi connectivity index (χ4n) is 2.65. The van der Waals surface area contributed by atoms with Gasteiger partial charge in [0.25, 0.3) is 0 Å². The molecule has 2 aromatic rings. The van der Waals surface area contributed by atoms with E-state index in [1.807, 2.05) is 30.3 Å². The Morgan fingerprint density at radius 3 is 2.39 bits per heavy atom. The van der Waals surface area contributed by atoms with E-state index in [9.17, 15) is 0 Å². The molecule has 0 N–H and O–H groups in total. The summed E-state index contributed by atoms with van der Waals surface area (Å²) in [6, 6.07) is 14.2. The maximum atomic E-state index is 6.08. The van der Waals surface area contributed by atoms with Crippen LogP contribution in [0.15, 0.2) is 42.5 Å². The topological polar surface area (TPSA) is 30.9 Å². The molecule has 1 heterocycles. The van der Waals surface area contributed by atoms with Gasteiger partial charge in [-0.15, -0.1) is 0 Å². The fourth-order valence-corrected chi connectivity index (χ4v) is 2.65. The minimum absolute atomic E-state index is 0.280. The number of rotatable bonds is 7. The van der Waals surface area contributed by atoms with Crippen LogP contribution in [0.4, 0.5) is 0 Å². The molecule has 0 bridgehead atoms. The van der Waals surface area contributed by atoms with Gasteiger partial charge < -0.3 is 14.2 Å². The molecule has 0 amide bonds. The van der Waals surface area contributed by atoms with Crippen molar-refractivity contribution in [1.29, 1.82) is 0 Å². The molecule has 2 aromatic carbocycles. The maximum absolute atomic E-state index is 6.08. The Balaban J connectivity index is 1.81. The second-order valence-electron chi connectivity index (χ2n) is 5.55. The van der Waals surface area contributed by atoms with Gasteiger partial charge in [0.2, 0.25) is 6.79 Å². The van der Waals surface area contributed by atoms with E-state index in [-0.39, 0.29) is 6.79 Å². The molecule has 0 saturated heterocycles. The summed E-state index contributed by atoms with van der Waals surface area (Å²) in [5.74, 6) is 2.43.